The molecule has 1 unspecified atom stereocenters. The predicted molar refractivity (Wildman–Crippen MR) is 40.5 cm³/mol. The highest BCUT2D eigenvalue weighted by molar-refractivity contribution is 4.53. The van der Waals surface area contributed by atoms with Crippen molar-refractivity contribution in [2.45, 2.75) is 0 Å². The minimum absolute atomic E-state index is 0.310. The highest BCUT2D eigenvalue weighted by Gasteiger charge is 2.29. The topological polar surface area (TPSA) is 23.5 Å². The Morgan fingerprint density at radius 1 is 1.60 bits per heavy atom. The molecule has 1 rings (SSSR count). The zero-order chi connectivity index (χ0) is 7.61. The van der Waals surface area contributed by atoms with Crippen molar-refractivity contribution in [1.82, 2.24) is 4.90 Å². The van der Waals surface area contributed by atoms with Crippen LogP contribution in [0.15, 0.2) is 0 Å². The van der Waals surface area contributed by atoms with Crippen LogP contribution < -0.4 is 0 Å². The molecule has 0 saturated carbocycles. The van der Waals surface area contributed by atoms with Crippen LogP contribution in [0.1, 0.15) is 0 Å². The summed E-state index contributed by atoms with van der Waals surface area (Å²) in [7, 11) is 4.32. The third-order valence-corrected chi connectivity index (χ3v) is 2.24. The molecule has 0 aromatic carbocycles. The van der Waals surface area contributed by atoms with E-state index >= 15 is 0 Å². The van der Waals surface area contributed by atoms with Crippen molar-refractivity contribution in [2.24, 2.45) is 0 Å². The molecule has 1 saturated heterocycles. The van der Waals surface area contributed by atoms with E-state index in [-0.39, 0.29) is 0 Å². The van der Waals surface area contributed by atoms with Crippen LogP contribution >= 0.6 is 0 Å². The first kappa shape index (κ1) is 7.98. The van der Waals surface area contributed by atoms with E-state index in [9.17, 15) is 0 Å². The summed E-state index contributed by atoms with van der Waals surface area (Å²) >= 11 is 0. The van der Waals surface area contributed by atoms with Gasteiger partial charge >= 0.3 is 0 Å². The molecule has 3 nitrogen and oxygen atoms in total. The number of aliphatic hydroxyl groups excluding tert-OH is 1. The molecule has 10 heavy (non-hydrogen) atoms. The van der Waals surface area contributed by atoms with Crippen LogP contribution in [0, 0.1) is 0 Å². The number of rotatable bonds is 2. The number of likely N-dealkylation sites (N-methyl/N-ethyl adjacent to an activating group) is 2. The summed E-state index contributed by atoms with van der Waals surface area (Å²) in [5.74, 6) is 0. The van der Waals surface area contributed by atoms with E-state index in [1.807, 2.05) is 0 Å². The van der Waals surface area contributed by atoms with E-state index in [0.29, 0.717) is 6.61 Å². The lowest BCUT2D eigenvalue weighted by atomic mass is 10.4. The zero-order valence-corrected chi connectivity index (χ0v) is 6.88. The van der Waals surface area contributed by atoms with Gasteiger partial charge in [0.15, 0.2) is 0 Å². The van der Waals surface area contributed by atoms with E-state index in [4.69, 9.17) is 5.11 Å². The summed E-state index contributed by atoms with van der Waals surface area (Å²) in [6, 6.07) is 0. The fourth-order valence-corrected chi connectivity index (χ4v) is 1.56. The van der Waals surface area contributed by atoms with Crippen LogP contribution in [0.5, 0.6) is 0 Å². The van der Waals surface area contributed by atoms with Crippen molar-refractivity contribution in [3.05, 3.63) is 0 Å². The van der Waals surface area contributed by atoms with Gasteiger partial charge < -0.3 is 9.59 Å². The largest absolute Gasteiger partial charge is 0.391 e. The van der Waals surface area contributed by atoms with Crippen LogP contribution in [-0.4, -0.2) is 61.5 Å². The second-order valence-corrected chi connectivity index (χ2v) is 3.51. The Bertz CT molecular complexity index is 114. The van der Waals surface area contributed by atoms with Crippen molar-refractivity contribution >= 4 is 0 Å². The maximum Gasteiger partial charge on any atom is 0.134 e. The van der Waals surface area contributed by atoms with Crippen molar-refractivity contribution in [1.29, 1.82) is 0 Å². The number of quaternary nitrogens is 1. The van der Waals surface area contributed by atoms with Crippen molar-refractivity contribution in [3.63, 3.8) is 0 Å². The predicted octanol–water partition coefficient (Wildman–Crippen LogP) is -0.672. The van der Waals surface area contributed by atoms with E-state index < -0.39 is 0 Å². The fourth-order valence-electron chi connectivity index (χ4n) is 1.56. The lowest BCUT2D eigenvalue weighted by molar-refractivity contribution is -0.901. The molecule has 1 atom stereocenters. The summed E-state index contributed by atoms with van der Waals surface area (Å²) in [5, 5.41) is 8.74. The van der Waals surface area contributed by atoms with Gasteiger partial charge in [0.05, 0.1) is 26.7 Å². The first-order valence-corrected chi connectivity index (χ1v) is 3.79. The Balaban J connectivity index is 2.38. The average molecular weight is 145 g/mol. The SMILES string of the molecule is CN1CC[N+](C)(CCO)C1. The monoisotopic (exact) mass is 145 g/mol. The third kappa shape index (κ3) is 1.68. The molecule has 0 aromatic heterocycles. The average Bonchev–Trinajstić information content (AvgIpc) is 2.12. The smallest absolute Gasteiger partial charge is 0.134 e. The Morgan fingerprint density at radius 2 is 2.30 bits per heavy atom. The molecule has 1 N–H and O–H groups in total. The lowest BCUT2D eigenvalue weighted by Gasteiger charge is -2.27. The molecular formula is C7H17N2O+. The minimum Gasteiger partial charge on any atom is -0.391 e. The van der Waals surface area contributed by atoms with Gasteiger partial charge in [-0.3, -0.25) is 4.90 Å². The molecule has 0 radical (unpaired) electrons. The van der Waals surface area contributed by atoms with Crippen molar-refractivity contribution in [2.75, 3.05) is 47.0 Å². The van der Waals surface area contributed by atoms with Crippen LogP contribution in [0.4, 0.5) is 0 Å². The lowest BCUT2D eigenvalue weighted by Crippen LogP contribution is -2.44. The van der Waals surface area contributed by atoms with E-state index in [0.717, 1.165) is 24.2 Å². The van der Waals surface area contributed by atoms with Gasteiger partial charge in [0.2, 0.25) is 0 Å². The van der Waals surface area contributed by atoms with Gasteiger partial charge in [-0.2, -0.15) is 0 Å². The molecule has 1 fully saturated rings. The Hall–Kier alpha value is -0.120. The second-order valence-electron chi connectivity index (χ2n) is 3.51. The highest BCUT2D eigenvalue weighted by Crippen LogP contribution is 2.09. The van der Waals surface area contributed by atoms with Crippen LogP contribution in [0.25, 0.3) is 0 Å². The van der Waals surface area contributed by atoms with Crippen molar-refractivity contribution < 1.29 is 9.59 Å². The van der Waals surface area contributed by atoms with E-state index in [2.05, 4.69) is 19.0 Å². The quantitative estimate of drug-likeness (QED) is 0.521. The zero-order valence-electron chi connectivity index (χ0n) is 6.88. The van der Waals surface area contributed by atoms with Gasteiger partial charge in [0.1, 0.15) is 13.2 Å². The van der Waals surface area contributed by atoms with Gasteiger partial charge in [0, 0.05) is 0 Å². The maximum absolute atomic E-state index is 8.74. The molecule has 0 aromatic rings. The number of nitrogens with zero attached hydrogens (tertiary/aromatic N) is 2. The van der Waals surface area contributed by atoms with Crippen LogP contribution in [0.3, 0.4) is 0 Å². The summed E-state index contributed by atoms with van der Waals surface area (Å²) in [5.41, 5.74) is 0. The molecule has 60 valence electrons. The standard InChI is InChI=1S/C7H17N2O/c1-8-3-4-9(2,7-8)5-6-10/h10H,3-7H2,1-2H3/q+1. The molecule has 0 spiro atoms. The maximum atomic E-state index is 8.74. The molecule has 0 aliphatic carbocycles. The van der Waals surface area contributed by atoms with Gasteiger partial charge in [-0.1, -0.05) is 0 Å². The van der Waals surface area contributed by atoms with Gasteiger partial charge in [-0.05, 0) is 7.05 Å². The molecule has 1 aliphatic heterocycles. The molecule has 1 heterocycles. The molecule has 0 bridgehead atoms. The van der Waals surface area contributed by atoms with Gasteiger partial charge in [-0.25, -0.2) is 0 Å². The molecule has 1 aliphatic rings. The second kappa shape index (κ2) is 2.86. The Morgan fingerprint density at radius 3 is 2.70 bits per heavy atom. The summed E-state index contributed by atoms with van der Waals surface area (Å²) < 4.78 is 1.01. The Labute approximate surface area is 62.4 Å². The van der Waals surface area contributed by atoms with Crippen LogP contribution in [-0.2, 0) is 0 Å². The van der Waals surface area contributed by atoms with Crippen molar-refractivity contribution in [3.8, 4) is 0 Å². The summed E-state index contributed by atoms with van der Waals surface area (Å²) in [4.78, 5) is 2.30. The molecule has 0 amide bonds. The summed E-state index contributed by atoms with van der Waals surface area (Å²) in [6.45, 7) is 4.63. The minimum atomic E-state index is 0.310. The number of aliphatic hydroxyl groups is 1. The molecule has 3 heteroatoms. The molecular weight excluding hydrogens is 128 g/mol. The number of hydrogen-bond donors (Lipinski definition) is 1. The highest BCUT2D eigenvalue weighted by atomic mass is 16.3. The fraction of sp³-hybridized carbons (Fsp3) is 1.00. The first-order chi connectivity index (χ1) is 4.66. The van der Waals surface area contributed by atoms with Gasteiger partial charge in [-0.15, -0.1) is 0 Å². The Kier molecular flexibility index (Phi) is 2.28. The van der Waals surface area contributed by atoms with Crippen LogP contribution in [0.2, 0.25) is 0 Å². The summed E-state index contributed by atoms with van der Waals surface area (Å²) in [6.07, 6.45) is 0. The third-order valence-electron chi connectivity index (χ3n) is 2.24. The van der Waals surface area contributed by atoms with Gasteiger partial charge in [0.25, 0.3) is 0 Å². The van der Waals surface area contributed by atoms with E-state index in [1.54, 1.807) is 0 Å². The number of hydrogen-bond acceptors (Lipinski definition) is 2. The first-order valence-electron chi connectivity index (χ1n) is 3.79. The normalized spacial score (nSPS) is 35.1. The van der Waals surface area contributed by atoms with E-state index in [1.165, 1.54) is 6.54 Å².